The standard InChI is InChI=1S/C17H28N2O2/c1-13(6-4-7-14(2)18)17(20)19-11-15-8-5-9-16(10-15)12-21-3/h5,8-10,13-14H,4,6-7,11-12,18H2,1-3H3,(H,19,20). The Morgan fingerprint density at radius 1 is 1.29 bits per heavy atom. The molecule has 0 fully saturated rings. The van der Waals surface area contributed by atoms with Crippen molar-refractivity contribution in [2.45, 2.75) is 52.3 Å². The number of benzene rings is 1. The van der Waals surface area contributed by atoms with Crippen LogP contribution in [0.2, 0.25) is 0 Å². The molecule has 0 saturated carbocycles. The van der Waals surface area contributed by atoms with Gasteiger partial charge in [-0.2, -0.15) is 0 Å². The minimum atomic E-state index is 0.0332. The molecule has 3 N–H and O–H groups in total. The molecule has 0 aromatic heterocycles. The van der Waals surface area contributed by atoms with Crippen molar-refractivity contribution in [1.29, 1.82) is 0 Å². The number of methoxy groups -OCH3 is 1. The van der Waals surface area contributed by atoms with Gasteiger partial charge in [0.25, 0.3) is 0 Å². The van der Waals surface area contributed by atoms with Crippen molar-refractivity contribution in [2.24, 2.45) is 11.7 Å². The van der Waals surface area contributed by atoms with Crippen LogP contribution in [0.4, 0.5) is 0 Å². The fourth-order valence-corrected chi connectivity index (χ4v) is 2.24. The largest absolute Gasteiger partial charge is 0.380 e. The van der Waals surface area contributed by atoms with Crippen molar-refractivity contribution in [3.63, 3.8) is 0 Å². The van der Waals surface area contributed by atoms with E-state index in [1.807, 2.05) is 32.0 Å². The normalized spacial score (nSPS) is 13.7. The van der Waals surface area contributed by atoms with E-state index >= 15 is 0 Å². The number of hydrogen-bond acceptors (Lipinski definition) is 3. The predicted molar refractivity (Wildman–Crippen MR) is 85.7 cm³/mol. The molecule has 118 valence electrons. The monoisotopic (exact) mass is 292 g/mol. The maximum absolute atomic E-state index is 12.0. The third-order valence-corrected chi connectivity index (χ3v) is 3.51. The highest BCUT2D eigenvalue weighted by Gasteiger charge is 2.12. The molecular weight excluding hydrogens is 264 g/mol. The lowest BCUT2D eigenvalue weighted by Gasteiger charge is -2.13. The molecule has 1 aromatic carbocycles. The Balaban J connectivity index is 2.36. The van der Waals surface area contributed by atoms with Gasteiger partial charge in [-0.3, -0.25) is 4.79 Å². The van der Waals surface area contributed by atoms with E-state index in [2.05, 4.69) is 11.4 Å². The van der Waals surface area contributed by atoms with Crippen LogP contribution in [0.15, 0.2) is 24.3 Å². The molecule has 0 aliphatic carbocycles. The van der Waals surface area contributed by atoms with Crippen LogP contribution < -0.4 is 11.1 Å². The summed E-state index contributed by atoms with van der Waals surface area (Å²) >= 11 is 0. The molecule has 0 saturated heterocycles. The van der Waals surface area contributed by atoms with Gasteiger partial charge in [-0.1, -0.05) is 37.6 Å². The van der Waals surface area contributed by atoms with Gasteiger partial charge in [0.1, 0.15) is 0 Å². The Hall–Kier alpha value is -1.39. The third-order valence-electron chi connectivity index (χ3n) is 3.51. The molecule has 0 aliphatic rings. The minimum Gasteiger partial charge on any atom is -0.380 e. The number of hydrogen-bond donors (Lipinski definition) is 2. The first-order valence-corrected chi connectivity index (χ1v) is 7.63. The van der Waals surface area contributed by atoms with Gasteiger partial charge in [-0.15, -0.1) is 0 Å². The van der Waals surface area contributed by atoms with Gasteiger partial charge in [-0.05, 0) is 30.9 Å². The second-order valence-corrected chi connectivity index (χ2v) is 5.78. The second kappa shape index (κ2) is 9.53. The number of amides is 1. The smallest absolute Gasteiger partial charge is 0.223 e. The van der Waals surface area contributed by atoms with Crippen molar-refractivity contribution in [3.05, 3.63) is 35.4 Å². The van der Waals surface area contributed by atoms with Gasteiger partial charge in [-0.25, -0.2) is 0 Å². The average molecular weight is 292 g/mol. The zero-order valence-electron chi connectivity index (χ0n) is 13.4. The van der Waals surface area contributed by atoms with Gasteiger partial charge < -0.3 is 15.8 Å². The average Bonchev–Trinajstić information content (AvgIpc) is 2.45. The highest BCUT2D eigenvalue weighted by atomic mass is 16.5. The summed E-state index contributed by atoms with van der Waals surface area (Å²) in [4.78, 5) is 12.0. The minimum absolute atomic E-state index is 0.0332. The molecule has 21 heavy (non-hydrogen) atoms. The number of ether oxygens (including phenoxy) is 1. The van der Waals surface area contributed by atoms with E-state index in [0.717, 1.165) is 30.4 Å². The van der Waals surface area contributed by atoms with Gasteiger partial charge >= 0.3 is 0 Å². The van der Waals surface area contributed by atoms with E-state index in [1.165, 1.54) is 0 Å². The van der Waals surface area contributed by atoms with E-state index in [-0.39, 0.29) is 17.9 Å². The first-order chi connectivity index (χ1) is 10.0. The summed E-state index contributed by atoms with van der Waals surface area (Å²) in [5.41, 5.74) is 7.93. The van der Waals surface area contributed by atoms with Crippen LogP contribution in [0, 0.1) is 5.92 Å². The zero-order chi connectivity index (χ0) is 15.7. The maximum atomic E-state index is 12.0. The molecule has 4 heteroatoms. The molecule has 1 rings (SSSR count). The Labute approximate surface area is 128 Å². The van der Waals surface area contributed by atoms with Gasteiger partial charge in [0.2, 0.25) is 5.91 Å². The lowest BCUT2D eigenvalue weighted by atomic mass is 10.0. The quantitative estimate of drug-likeness (QED) is 0.735. The van der Waals surface area contributed by atoms with Crippen molar-refractivity contribution in [1.82, 2.24) is 5.32 Å². The summed E-state index contributed by atoms with van der Waals surface area (Å²) in [7, 11) is 1.68. The molecule has 1 amide bonds. The SMILES string of the molecule is COCc1cccc(CNC(=O)C(C)CCCC(C)N)c1. The van der Waals surface area contributed by atoms with Crippen LogP contribution in [0.5, 0.6) is 0 Å². The number of carbonyl (C=O) groups excluding carboxylic acids is 1. The Bertz CT molecular complexity index is 433. The van der Waals surface area contributed by atoms with E-state index < -0.39 is 0 Å². The lowest BCUT2D eigenvalue weighted by molar-refractivity contribution is -0.124. The molecule has 0 radical (unpaired) electrons. The molecular formula is C17H28N2O2. The van der Waals surface area contributed by atoms with Crippen LogP contribution >= 0.6 is 0 Å². The second-order valence-electron chi connectivity index (χ2n) is 5.78. The number of rotatable bonds is 9. The number of nitrogens with two attached hydrogens (primary N) is 1. The van der Waals surface area contributed by atoms with E-state index in [9.17, 15) is 4.79 Å². The van der Waals surface area contributed by atoms with Crippen LogP contribution in [0.25, 0.3) is 0 Å². The summed E-state index contributed by atoms with van der Waals surface area (Å²) in [6, 6.07) is 8.29. The summed E-state index contributed by atoms with van der Waals surface area (Å²) in [5.74, 6) is 0.141. The van der Waals surface area contributed by atoms with Crippen LogP contribution in [0.1, 0.15) is 44.2 Å². The fraction of sp³-hybridized carbons (Fsp3) is 0.588. The first-order valence-electron chi connectivity index (χ1n) is 7.63. The van der Waals surface area contributed by atoms with Crippen molar-refractivity contribution < 1.29 is 9.53 Å². The van der Waals surface area contributed by atoms with E-state index in [4.69, 9.17) is 10.5 Å². The van der Waals surface area contributed by atoms with Crippen molar-refractivity contribution >= 4 is 5.91 Å². The van der Waals surface area contributed by atoms with Gasteiger partial charge in [0, 0.05) is 25.6 Å². The highest BCUT2D eigenvalue weighted by molar-refractivity contribution is 5.78. The Kier molecular flexibility index (Phi) is 8.01. The van der Waals surface area contributed by atoms with Gasteiger partial charge in [0.05, 0.1) is 6.61 Å². The Morgan fingerprint density at radius 2 is 2.00 bits per heavy atom. The predicted octanol–water partition coefficient (Wildman–Crippen LogP) is 2.60. The summed E-state index contributed by atoms with van der Waals surface area (Å²) in [6.45, 7) is 5.12. The molecule has 2 unspecified atom stereocenters. The molecule has 0 heterocycles. The van der Waals surface area contributed by atoms with Crippen LogP contribution in [0.3, 0.4) is 0 Å². The topological polar surface area (TPSA) is 64.3 Å². The highest BCUT2D eigenvalue weighted by Crippen LogP contribution is 2.10. The zero-order valence-corrected chi connectivity index (χ0v) is 13.4. The van der Waals surface area contributed by atoms with Crippen LogP contribution in [-0.2, 0) is 22.7 Å². The van der Waals surface area contributed by atoms with Crippen molar-refractivity contribution in [3.8, 4) is 0 Å². The lowest BCUT2D eigenvalue weighted by Crippen LogP contribution is -2.29. The van der Waals surface area contributed by atoms with E-state index in [1.54, 1.807) is 7.11 Å². The third kappa shape index (κ3) is 7.25. The summed E-state index contributed by atoms with van der Waals surface area (Å²) in [5, 5.41) is 3.00. The maximum Gasteiger partial charge on any atom is 0.223 e. The molecule has 0 bridgehead atoms. The number of nitrogens with one attached hydrogen (secondary N) is 1. The molecule has 1 aromatic rings. The molecule has 0 aliphatic heterocycles. The molecule has 2 atom stereocenters. The molecule has 4 nitrogen and oxygen atoms in total. The van der Waals surface area contributed by atoms with Crippen LogP contribution in [-0.4, -0.2) is 19.1 Å². The summed E-state index contributed by atoms with van der Waals surface area (Å²) in [6.07, 6.45) is 2.85. The van der Waals surface area contributed by atoms with E-state index in [0.29, 0.717) is 13.2 Å². The summed E-state index contributed by atoms with van der Waals surface area (Å²) < 4.78 is 5.11. The molecule has 0 spiro atoms. The first kappa shape index (κ1) is 17.7. The fourth-order valence-electron chi connectivity index (χ4n) is 2.24. The number of carbonyl (C=O) groups is 1. The Morgan fingerprint density at radius 3 is 2.67 bits per heavy atom. The van der Waals surface area contributed by atoms with Crippen molar-refractivity contribution in [2.75, 3.05) is 7.11 Å². The van der Waals surface area contributed by atoms with Gasteiger partial charge in [0.15, 0.2) is 0 Å².